The minimum atomic E-state index is -0.359. The van der Waals surface area contributed by atoms with E-state index in [2.05, 4.69) is 12.2 Å². The van der Waals surface area contributed by atoms with Crippen LogP contribution in [0.3, 0.4) is 0 Å². The van der Waals surface area contributed by atoms with E-state index in [0.29, 0.717) is 24.9 Å². The van der Waals surface area contributed by atoms with Crippen LogP contribution >= 0.6 is 0 Å². The number of hydrogen-bond acceptors (Lipinski definition) is 4. The van der Waals surface area contributed by atoms with Gasteiger partial charge in [-0.15, -0.1) is 0 Å². The summed E-state index contributed by atoms with van der Waals surface area (Å²) < 4.78 is 5.58. The van der Waals surface area contributed by atoms with Crippen LogP contribution in [-0.2, 0) is 6.54 Å². The molecule has 5 heteroatoms. The Hall–Kier alpha value is -1.62. The third kappa shape index (κ3) is 5.34. The average molecular weight is 292 g/mol. The molecule has 5 nitrogen and oxygen atoms in total. The summed E-state index contributed by atoms with van der Waals surface area (Å²) in [4.78, 5) is 10.8. The molecule has 0 aliphatic heterocycles. The lowest BCUT2D eigenvalue weighted by molar-refractivity contribution is -0.385. The van der Waals surface area contributed by atoms with Gasteiger partial charge in [-0.3, -0.25) is 10.1 Å². The van der Waals surface area contributed by atoms with Crippen molar-refractivity contribution >= 4 is 5.69 Å². The van der Waals surface area contributed by atoms with Crippen molar-refractivity contribution in [3.8, 4) is 5.75 Å². The molecule has 21 heavy (non-hydrogen) atoms. The molecule has 0 spiro atoms. The minimum absolute atomic E-state index is 0.0700. The third-order valence-corrected chi connectivity index (χ3v) is 3.65. The Morgan fingerprint density at radius 2 is 2.14 bits per heavy atom. The molecule has 1 N–H and O–H groups in total. The van der Waals surface area contributed by atoms with Gasteiger partial charge in [-0.05, 0) is 30.9 Å². The van der Waals surface area contributed by atoms with Gasteiger partial charge in [-0.2, -0.15) is 0 Å². The molecule has 0 radical (unpaired) electrons. The maximum atomic E-state index is 11.2. The van der Waals surface area contributed by atoms with Crippen molar-refractivity contribution in [2.45, 2.75) is 58.0 Å². The number of nitrogens with zero attached hydrogens (tertiary/aromatic N) is 1. The molecule has 1 saturated carbocycles. The highest BCUT2D eigenvalue weighted by Crippen LogP contribution is 2.29. The van der Waals surface area contributed by atoms with Gasteiger partial charge in [0, 0.05) is 18.7 Å². The Balaban J connectivity index is 1.90. The second kappa shape index (κ2) is 7.98. The maximum Gasteiger partial charge on any atom is 0.311 e. The Bertz CT molecular complexity index is 473. The summed E-state index contributed by atoms with van der Waals surface area (Å²) in [7, 11) is 0. The molecule has 1 aliphatic carbocycles. The topological polar surface area (TPSA) is 64.4 Å². The van der Waals surface area contributed by atoms with Crippen LogP contribution in [0.15, 0.2) is 18.2 Å². The second-order valence-corrected chi connectivity index (χ2v) is 5.62. The van der Waals surface area contributed by atoms with E-state index in [4.69, 9.17) is 4.74 Å². The SMILES string of the molecule is CCCCCCOc1ccc(CNC2CC2)cc1[N+](=O)[O-]. The molecular formula is C16H24N2O3. The van der Waals surface area contributed by atoms with E-state index < -0.39 is 0 Å². The van der Waals surface area contributed by atoms with Gasteiger partial charge in [0.15, 0.2) is 5.75 Å². The predicted molar refractivity (Wildman–Crippen MR) is 82.6 cm³/mol. The molecule has 1 aromatic carbocycles. The lowest BCUT2D eigenvalue weighted by Gasteiger charge is -2.09. The zero-order chi connectivity index (χ0) is 15.1. The summed E-state index contributed by atoms with van der Waals surface area (Å²) in [6.07, 6.45) is 6.81. The number of unbranched alkanes of at least 4 members (excludes halogenated alkanes) is 3. The van der Waals surface area contributed by atoms with E-state index in [1.807, 2.05) is 6.07 Å². The first-order chi connectivity index (χ1) is 10.2. The van der Waals surface area contributed by atoms with Crippen molar-refractivity contribution in [2.24, 2.45) is 0 Å². The van der Waals surface area contributed by atoms with Gasteiger partial charge in [0.1, 0.15) is 0 Å². The van der Waals surface area contributed by atoms with Crippen LogP contribution in [0.25, 0.3) is 0 Å². The molecular weight excluding hydrogens is 268 g/mol. The van der Waals surface area contributed by atoms with Crippen LogP contribution in [0.1, 0.15) is 51.0 Å². The molecule has 0 heterocycles. The van der Waals surface area contributed by atoms with E-state index in [1.165, 1.54) is 25.7 Å². The highest BCUT2D eigenvalue weighted by Gasteiger charge is 2.21. The normalized spacial score (nSPS) is 14.1. The molecule has 0 amide bonds. The first-order valence-corrected chi connectivity index (χ1v) is 7.84. The number of rotatable bonds is 10. The van der Waals surface area contributed by atoms with Crippen molar-refractivity contribution < 1.29 is 9.66 Å². The summed E-state index contributed by atoms with van der Waals surface area (Å²) in [6, 6.07) is 5.85. The van der Waals surface area contributed by atoms with Gasteiger partial charge in [0.25, 0.3) is 0 Å². The van der Waals surface area contributed by atoms with Crippen molar-refractivity contribution in [3.05, 3.63) is 33.9 Å². The predicted octanol–water partition coefficient (Wildman–Crippen LogP) is 3.81. The van der Waals surface area contributed by atoms with Crippen molar-refractivity contribution in [1.29, 1.82) is 0 Å². The zero-order valence-electron chi connectivity index (χ0n) is 12.6. The van der Waals surface area contributed by atoms with Gasteiger partial charge in [0.05, 0.1) is 11.5 Å². The fraction of sp³-hybridized carbons (Fsp3) is 0.625. The molecule has 1 aromatic rings. The Labute approximate surface area is 125 Å². The van der Waals surface area contributed by atoms with E-state index >= 15 is 0 Å². The smallest absolute Gasteiger partial charge is 0.311 e. The number of benzene rings is 1. The van der Waals surface area contributed by atoms with Crippen LogP contribution in [0.4, 0.5) is 5.69 Å². The van der Waals surface area contributed by atoms with Crippen LogP contribution in [0, 0.1) is 10.1 Å². The summed E-state index contributed by atoms with van der Waals surface area (Å²) in [5, 5.41) is 14.5. The molecule has 116 valence electrons. The fourth-order valence-corrected chi connectivity index (χ4v) is 2.20. The fourth-order valence-electron chi connectivity index (χ4n) is 2.20. The highest BCUT2D eigenvalue weighted by molar-refractivity contribution is 5.48. The maximum absolute atomic E-state index is 11.2. The van der Waals surface area contributed by atoms with Crippen LogP contribution in [0.2, 0.25) is 0 Å². The summed E-state index contributed by atoms with van der Waals surface area (Å²) in [5.41, 5.74) is 1.01. The second-order valence-electron chi connectivity index (χ2n) is 5.62. The van der Waals surface area contributed by atoms with E-state index in [9.17, 15) is 10.1 Å². The third-order valence-electron chi connectivity index (χ3n) is 3.65. The van der Waals surface area contributed by atoms with Gasteiger partial charge in [-0.1, -0.05) is 32.3 Å². The van der Waals surface area contributed by atoms with Gasteiger partial charge >= 0.3 is 5.69 Å². The van der Waals surface area contributed by atoms with Crippen LogP contribution < -0.4 is 10.1 Å². The largest absolute Gasteiger partial charge is 0.487 e. The van der Waals surface area contributed by atoms with Crippen LogP contribution in [0.5, 0.6) is 5.75 Å². The number of ether oxygens (including phenoxy) is 1. The Morgan fingerprint density at radius 3 is 2.81 bits per heavy atom. The molecule has 2 rings (SSSR count). The van der Waals surface area contributed by atoms with Crippen molar-refractivity contribution in [3.63, 3.8) is 0 Å². The number of hydrogen-bond donors (Lipinski definition) is 1. The van der Waals surface area contributed by atoms with Crippen molar-refractivity contribution in [2.75, 3.05) is 6.61 Å². The lowest BCUT2D eigenvalue weighted by Crippen LogP contribution is -2.15. The minimum Gasteiger partial charge on any atom is -0.487 e. The molecule has 0 unspecified atom stereocenters. The molecule has 0 bridgehead atoms. The Kier molecular flexibility index (Phi) is 5.99. The van der Waals surface area contributed by atoms with E-state index in [-0.39, 0.29) is 10.6 Å². The first-order valence-electron chi connectivity index (χ1n) is 7.84. The first kappa shape index (κ1) is 15.8. The number of nitro groups is 1. The van der Waals surface area contributed by atoms with Crippen molar-refractivity contribution in [1.82, 2.24) is 5.32 Å². The van der Waals surface area contributed by atoms with Gasteiger partial charge in [0.2, 0.25) is 0 Å². The monoisotopic (exact) mass is 292 g/mol. The van der Waals surface area contributed by atoms with E-state index in [1.54, 1.807) is 12.1 Å². The summed E-state index contributed by atoms with van der Waals surface area (Å²) in [6.45, 7) is 3.38. The lowest BCUT2D eigenvalue weighted by atomic mass is 10.2. The Morgan fingerprint density at radius 1 is 1.33 bits per heavy atom. The van der Waals surface area contributed by atoms with Gasteiger partial charge < -0.3 is 10.1 Å². The summed E-state index contributed by atoms with van der Waals surface area (Å²) in [5.74, 6) is 0.381. The molecule has 0 aromatic heterocycles. The van der Waals surface area contributed by atoms with Gasteiger partial charge in [-0.25, -0.2) is 0 Å². The quantitative estimate of drug-likeness (QED) is 0.404. The highest BCUT2D eigenvalue weighted by atomic mass is 16.6. The molecule has 0 atom stereocenters. The standard InChI is InChI=1S/C16H24N2O3/c1-2-3-4-5-10-21-16-9-6-13(11-15(16)18(19)20)12-17-14-7-8-14/h6,9,11,14,17H,2-5,7-8,10,12H2,1H3. The number of nitrogens with one attached hydrogen (secondary N) is 1. The summed E-state index contributed by atoms with van der Waals surface area (Å²) >= 11 is 0. The molecule has 1 fully saturated rings. The van der Waals surface area contributed by atoms with Crippen LogP contribution in [-0.4, -0.2) is 17.6 Å². The number of nitro benzene ring substituents is 1. The average Bonchev–Trinajstić information content (AvgIpc) is 3.29. The molecule has 1 aliphatic rings. The van der Waals surface area contributed by atoms with E-state index in [0.717, 1.165) is 18.4 Å². The molecule has 0 saturated heterocycles. The zero-order valence-corrected chi connectivity index (χ0v) is 12.6.